The topological polar surface area (TPSA) is 143 Å². The molecule has 0 saturated carbocycles. The number of fused-ring (bicyclic) bond motifs is 1. The van der Waals surface area contributed by atoms with Crippen LogP contribution in [0.25, 0.3) is 0 Å². The van der Waals surface area contributed by atoms with Crippen LogP contribution in [-0.4, -0.2) is 93.5 Å². The van der Waals surface area contributed by atoms with Gasteiger partial charge in [-0.3, -0.25) is 9.59 Å². The standard InChI is InChI=1S/C16H21N5O7S/c1-16(14(15(24)25)21-11(22)8-13(21)29(16,26)27)10-20-3-2-19(17-20)9-12(23)18-4-6-28-7-5-18/h2-3,13-14H,4-10H2,1H3/p+1/t13?,14-,16-/m0/s1. The zero-order valence-electron chi connectivity index (χ0n) is 15.8. The molecule has 4 rings (SSSR count). The molecule has 3 aliphatic heterocycles. The number of morpholine rings is 1. The highest BCUT2D eigenvalue weighted by Crippen LogP contribution is 2.46. The van der Waals surface area contributed by atoms with Crippen LogP contribution in [0.4, 0.5) is 0 Å². The predicted molar refractivity (Wildman–Crippen MR) is 93.8 cm³/mol. The molecule has 1 N–H and O–H groups in total. The lowest BCUT2D eigenvalue weighted by Crippen LogP contribution is -2.58. The zero-order chi connectivity index (χ0) is 21.0. The number of aliphatic carboxylic acids is 1. The maximum absolute atomic E-state index is 13.0. The van der Waals surface area contributed by atoms with Gasteiger partial charge in [-0.1, -0.05) is 0 Å². The fourth-order valence-electron chi connectivity index (χ4n) is 4.19. The highest BCUT2D eigenvalue weighted by molar-refractivity contribution is 7.93. The Morgan fingerprint density at radius 2 is 2.07 bits per heavy atom. The SMILES string of the molecule is C[C@]1(Cn2cc[n+](CC(=O)N3CCOCC3)n2)[C@H](C(=O)O)N2C(=O)CC2S1(=O)=O. The van der Waals surface area contributed by atoms with E-state index in [4.69, 9.17) is 4.74 Å². The largest absolute Gasteiger partial charge is 0.480 e. The van der Waals surface area contributed by atoms with E-state index in [1.54, 1.807) is 4.90 Å². The van der Waals surface area contributed by atoms with Crippen LogP contribution in [0, 0.1) is 0 Å². The van der Waals surface area contributed by atoms with Crippen LogP contribution < -0.4 is 4.68 Å². The molecule has 0 aromatic carbocycles. The van der Waals surface area contributed by atoms with Gasteiger partial charge in [-0.2, -0.15) is 0 Å². The Morgan fingerprint density at radius 3 is 2.69 bits per heavy atom. The van der Waals surface area contributed by atoms with Crippen molar-refractivity contribution in [2.75, 3.05) is 26.3 Å². The highest BCUT2D eigenvalue weighted by Gasteiger charge is 2.71. The number of carbonyl (C=O) groups excluding carboxylic acids is 2. The van der Waals surface area contributed by atoms with Crippen molar-refractivity contribution >= 4 is 27.6 Å². The normalized spacial score (nSPS) is 30.7. The van der Waals surface area contributed by atoms with E-state index >= 15 is 0 Å². The van der Waals surface area contributed by atoms with Crippen LogP contribution in [0.1, 0.15) is 13.3 Å². The summed E-state index contributed by atoms with van der Waals surface area (Å²) in [5, 5.41) is 12.7. The van der Waals surface area contributed by atoms with E-state index in [1.807, 2.05) is 0 Å². The van der Waals surface area contributed by atoms with E-state index < -0.39 is 37.9 Å². The number of nitrogens with zero attached hydrogens (tertiary/aromatic N) is 5. The Bertz CT molecular complexity index is 970. The number of hydrogen-bond acceptors (Lipinski definition) is 7. The summed E-state index contributed by atoms with van der Waals surface area (Å²) in [6.45, 7) is 3.03. The van der Waals surface area contributed by atoms with E-state index in [9.17, 15) is 27.9 Å². The summed E-state index contributed by atoms with van der Waals surface area (Å²) in [6, 6.07) is -1.48. The second-order valence-corrected chi connectivity index (χ2v) is 10.2. The molecule has 1 unspecified atom stereocenters. The minimum atomic E-state index is -3.92. The molecule has 1 aromatic heterocycles. The van der Waals surface area contributed by atoms with Crippen molar-refractivity contribution in [1.29, 1.82) is 0 Å². The molecular weight excluding hydrogens is 406 g/mol. The summed E-state index contributed by atoms with van der Waals surface area (Å²) in [5.74, 6) is -1.99. The average molecular weight is 428 g/mol. The molecule has 29 heavy (non-hydrogen) atoms. The van der Waals surface area contributed by atoms with Crippen LogP contribution >= 0.6 is 0 Å². The molecule has 3 fully saturated rings. The second kappa shape index (κ2) is 6.76. The average Bonchev–Trinajstić information content (AvgIpc) is 3.14. The Morgan fingerprint density at radius 1 is 1.38 bits per heavy atom. The lowest BCUT2D eigenvalue weighted by Gasteiger charge is -2.35. The molecule has 0 aliphatic carbocycles. The number of sulfone groups is 1. The lowest BCUT2D eigenvalue weighted by molar-refractivity contribution is -0.744. The van der Waals surface area contributed by atoms with Gasteiger partial charge in [0.05, 0.1) is 24.8 Å². The number of carboxylic acid groups (broad SMARTS) is 1. The number of ether oxygens (including phenoxy) is 1. The van der Waals surface area contributed by atoms with Gasteiger partial charge in [0.2, 0.25) is 5.91 Å². The summed E-state index contributed by atoms with van der Waals surface area (Å²) in [5.41, 5.74) is 0. The number of aromatic nitrogens is 3. The van der Waals surface area contributed by atoms with Crippen molar-refractivity contribution < 1.29 is 37.3 Å². The van der Waals surface area contributed by atoms with Crippen molar-refractivity contribution in [3.63, 3.8) is 0 Å². The molecule has 0 radical (unpaired) electrons. The van der Waals surface area contributed by atoms with E-state index in [-0.39, 0.29) is 25.4 Å². The lowest BCUT2D eigenvalue weighted by atomic mass is 9.96. The van der Waals surface area contributed by atoms with Crippen molar-refractivity contribution in [1.82, 2.24) is 19.7 Å². The molecule has 1 aromatic rings. The Balaban J connectivity index is 1.53. The third-order valence-electron chi connectivity index (χ3n) is 5.82. The number of rotatable bonds is 5. The van der Waals surface area contributed by atoms with Crippen molar-refractivity contribution in [3.8, 4) is 0 Å². The van der Waals surface area contributed by atoms with Gasteiger partial charge in [0.15, 0.2) is 34.8 Å². The minimum Gasteiger partial charge on any atom is -0.480 e. The summed E-state index contributed by atoms with van der Waals surface area (Å²) >= 11 is 0. The van der Waals surface area contributed by atoms with E-state index in [0.717, 1.165) is 4.90 Å². The highest BCUT2D eigenvalue weighted by atomic mass is 32.2. The number of hydrogen-bond donors (Lipinski definition) is 1. The molecular formula is C16H22N5O7S+. The van der Waals surface area contributed by atoms with Crippen LogP contribution in [0.3, 0.4) is 0 Å². The molecule has 12 nitrogen and oxygen atoms in total. The van der Waals surface area contributed by atoms with Gasteiger partial charge < -0.3 is 19.6 Å². The molecule has 3 aliphatic rings. The molecule has 158 valence electrons. The van der Waals surface area contributed by atoms with E-state index in [0.29, 0.717) is 26.3 Å². The van der Waals surface area contributed by atoms with Gasteiger partial charge in [-0.25, -0.2) is 13.2 Å². The number of carbonyl (C=O) groups is 3. The third kappa shape index (κ3) is 2.99. The molecule has 0 spiro atoms. The second-order valence-electron chi connectivity index (χ2n) is 7.63. The van der Waals surface area contributed by atoms with Gasteiger partial charge in [0, 0.05) is 13.1 Å². The maximum atomic E-state index is 13.0. The quantitative estimate of drug-likeness (QED) is 0.392. The molecule has 4 heterocycles. The smallest absolute Gasteiger partial charge is 0.328 e. The first-order valence-electron chi connectivity index (χ1n) is 9.21. The Labute approximate surface area is 166 Å². The van der Waals surface area contributed by atoms with Gasteiger partial charge in [-0.05, 0) is 6.92 Å². The molecule has 13 heteroatoms. The summed E-state index contributed by atoms with van der Waals surface area (Å²) < 4.78 is 32.1. The molecule has 0 bridgehead atoms. The number of amides is 2. The summed E-state index contributed by atoms with van der Waals surface area (Å²) in [4.78, 5) is 38.6. The van der Waals surface area contributed by atoms with E-state index in [2.05, 4.69) is 5.21 Å². The zero-order valence-corrected chi connectivity index (χ0v) is 16.6. The third-order valence-corrected chi connectivity index (χ3v) is 8.59. The van der Waals surface area contributed by atoms with E-state index in [1.165, 1.54) is 28.7 Å². The Kier molecular flexibility index (Phi) is 4.61. The van der Waals surface area contributed by atoms with Gasteiger partial charge in [-0.15, -0.1) is 9.36 Å². The van der Waals surface area contributed by atoms with Crippen molar-refractivity contribution in [2.24, 2.45) is 0 Å². The molecule has 2 amide bonds. The van der Waals surface area contributed by atoms with Crippen LogP contribution in [0.5, 0.6) is 0 Å². The van der Waals surface area contributed by atoms with Crippen LogP contribution in [-0.2, 0) is 42.0 Å². The minimum absolute atomic E-state index is 0.0218. The predicted octanol–water partition coefficient (Wildman–Crippen LogP) is -2.77. The Hall–Kier alpha value is -2.54. The van der Waals surface area contributed by atoms with Crippen LogP contribution in [0.15, 0.2) is 12.4 Å². The van der Waals surface area contributed by atoms with Crippen molar-refractivity contribution in [3.05, 3.63) is 12.4 Å². The van der Waals surface area contributed by atoms with Crippen molar-refractivity contribution in [2.45, 2.75) is 42.6 Å². The molecule has 3 atom stereocenters. The number of β-lactam (4-membered cyclic amide) rings is 1. The first-order chi connectivity index (χ1) is 13.6. The number of carboxylic acids is 1. The van der Waals surface area contributed by atoms with Gasteiger partial charge >= 0.3 is 5.97 Å². The fourth-order valence-corrected chi connectivity index (χ4v) is 6.55. The maximum Gasteiger partial charge on any atom is 0.328 e. The van der Waals surface area contributed by atoms with Gasteiger partial charge in [0.25, 0.3) is 5.91 Å². The van der Waals surface area contributed by atoms with Crippen LogP contribution in [0.2, 0.25) is 0 Å². The monoisotopic (exact) mass is 428 g/mol. The first kappa shape index (κ1) is 19.8. The fraction of sp³-hybridized carbons (Fsp3) is 0.688. The van der Waals surface area contributed by atoms with Gasteiger partial charge in [0.1, 0.15) is 16.7 Å². The molecule has 3 saturated heterocycles. The first-order valence-corrected chi connectivity index (χ1v) is 10.8. The summed E-state index contributed by atoms with van der Waals surface area (Å²) in [6.07, 6.45) is 2.82. The summed E-state index contributed by atoms with van der Waals surface area (Å²) in [7, 11) is -3.92.